The van der Waals surface area contributed by atoms with Crippen LogP contribution in [0.5, 0.6) is 0 Å². The SMILES string of the molecule is C.CN(C)c1nc2c(ncn2[C@@H]2O[C@H](CO)[C@H](O)C2O)c(=O)[nH]1.COC1[C@@H](O)[C@@H](CO)O[C@H]1n1cnc2c1N=C(N)C(N)C2=O.NCc1cn([C@@H]2O[C@H](CO)[C@H](O)C2O)c2nc(N)[nH]c(=O)c12. The number of aliphatic imine (C=N–C) groups is 1. The molecule has 13 atom stereocenters. The number of hydrogen-bond donors (Lipinski definition) is 14. The average Bonchev–Trinajstić information content (AvgIpc) is 4.15. The third kappa shape index (κ3) is 9.03. The zero-order valence-electron chi connectivity index (χ0n) is 35.3. The number of aliphatic hydroxyl groups is 8. The lowest BCUT2D eigenvalue weighted by Gasteiger charge is -2.22. The highest BCUT2D eigenvalue weighted by Gasteiger charge is 2.47. The number of ketones is 1. The number of anilines is 2. The van der Waals surface area contributed by atoms with E-state index in [4.69, 9.17) is 52.1 Å². The number of aliphatic hydroxyl groups excluding tert-OH is 8. The molecule has 0 bridgehead atoms. The zero-order valence-corrected chi connectivity index (χ0v) is 35.3. The molecule has 3 fully saturated rings. The predicted octanol–water partition coefficient (Wildman–Crippen LogP) is -6.53. The quantitative estimate of drug-likeness (QED) is 0.0653. The number of nitrogens with two attached hydrogens (primary N) is 4. The summed E-state index contributed by atoms with van der Waals surface area (Å²) in [4.78, 5) is 63.1. The summed E-state index contributed by atoms with van der Waals surface area (Å²) in [5, 5.41) is 77.7. The fourth-order valence-corrected chi connectivity index (χ4v) is 7.78. The van der Waals surface area contributed by atoms with Gasteiger partial charge >= 0.3 is 0 Å². The average molecular weight is 950 g/mol. The molecular weight excluding hydrogens is 894 g/mol. The molecule has 3 saturated heterocycles. The highest BCUT2D eigenvalue weighted by Crippen LogP contribution is 2.37. The number of amidine groups is 1. The molecule has 9 rings (SSSR count). The zero-order chi connectivity index (χ0) is 48.0. The van der Waals surface area contributed by atoms with E-state index < -0.39 is 110 Å². The minimum atomic E-state index is -1.29. The number of Topliss-reactive ketones (excluding diaryl/α,β-unsaturated/α-hetero) is 1. The van der Waals surface area contributed by atoms with Crippen molar-refractivity contribution in [1.82, 2.24) is 43.6 Å². The van der Waals surface area contributed by atoms with Crippen molar-refractivity contribution in [1.29, 1.82) is 0 Å². The molecular formula is C37H55N15O15. The van der Waals surface area contributed by atoms with Crippen LogP contribution in [0.3, 0.4) is 0 Å². The first-order valence-corrected chi connectivity index (χ1v) is 20.1. The van der Waals surface area contributed by atoms with Crippen molar-refractivity contribution in [2.45, 2.75) is 93.6 Å². The van der Waals surface area contributed by atoms with Crippen LogP contribution in [0.4, 0.5) is 17.7 Å². The Morgan fingerprint density at radius 2 is 1.33 bits per heavy atom. The Labute approximate surface area is 377 Å². The maximum Gasteiger partial charge on any atom is 0.280 e. The number of rotatable bonds is 9. The number of carbonyl (C=O) groups excluding carboxylic acids is 1. The molecule has 67 heavy (non-hydrogen) atoms. The Morgan fingerprint density at radius 3 is 1.88 bits per heavy atom. The van der Waals surface area contributed by atoms with Gasteiger partial charge in [-0.05, 0) is 5.56 Å². The first-order chi connectivity index (χ1) is 31.4. The minimum absolute atomic E-state index is 0. The van der Waals surface area contributed by atoms with Gasteiger partial charge in [-0.25, -0.2) is 15.0 Å². The van der Waals surface area contributed by atoms with Gasteiger partial charge in [0.1, 0.15) is 66.8 Å². The number of fused-ring (bicyclic) bond motifs is 3. The van der Waals surface area contributed by atoms with E-state index in [0.717, 1.165) is 0 Å². The first kappa shape index (κ1) is 50.6. The number of ether oxygens (including phenoxy) is 4. The number of hydrogen-bond acceptors (Lipinski definition) is 25. The van der Waals surface area contributed by atoms with E-state index in [1.807, 2.05) is 0 Å². The standard InChI is InChI=1S/3C12H17N5O5.CH4/c1-16(2)12-14-9-6(10(21)15-12)13-4-17(9)11-8(20)7(19)5(3-18)22-11;1-21-9-7(19)4(2-18)22-12(9)17-3-15-6-8(20)5(13)10(14)16-11(6)17;13-1-4-2-17(9-6(4)10(21)16-12(14)15-9)11-8(20)7(19)5(3-18)22-11;/h4-5,7-8,11,18-20H,3H2,1-2H3,(H,14,15,21);3-5,7,9,12,18-19H,2,13H2,1H3,(H2,14,16);2,5,7-8,11,18-20H,1,3,13H2,(H3,14,15,16,21);1H4/t5-,7+,8?,11-;4-,5?,7+,9?,12-;5-,7+,8?,11-;/m111./s1. The van der Waals surface area contributed by atoms with Crippen LogP contribution in [0.15, 0.2) is 33.4 Å². The number of nitrogen functional groups attached to an aromatic ring is 1. The molecule has 9 heterocycles. The molecule has 0 amide bonds. The molecule has 5 aromatic rings. The number of nitrogens with zero attached hydrogens (tertiary/aromatic N) is 9. The lowest BCUT2D eigenvalue weighted by molar-refractivity contribution is -0.0592. The van der Waals surface area contributed by atoms with E-state index in [1.54, 1.807) is 19.0 Å². The summed E-state index contributed by atoms with van der Waals surface area (Å²) >= 11 is 0. The smallest absolute Gasteiger partial charge is 0.280 e. The Bertz CT molecular complexity index is 2700. The van der Waals surface area contributed by atoms with Gasteiger partial charge < -0.3 is 92.2 Å². The van der Waals surface area contributed by atoms with E-state index >= 15 is 0 Å². The number of aromatic nitrogens is 9. The van der Waals surface area contributed by atoms with Crippen molar-refractivity contribution in [2.75, 3.05) is 51.7 Å². The fourth-order valence-electron chi connectivity index (χ4n) is 7.78. The Morgan fingerprint density at radius 1 is 0.761 bits per heavy atom. The topological polar surface area (TPSA) is 468 Å². The van der Waals surface area contributed by atoms with Crippen LogP contribution >= 0.6 is 0 Å². The van der Waals surface area contributed by atoms with Gasteiger partial charge in [0.05, 0.1) is 37.9 Å². The van der Waals surface area contributed by atoms with Crippen LogP contribution in [0.2, 0.25) is 0 Å². The third-order valence-corrected chi connectivity index (χ3v) is 11.3. The number of carbonyl (C=O) groups is 1. The molecule has 0 saturated carbocycles. The number of imidazole rings is 2. The van der Waals surface area contributed by atoms with E-state index in [-0.39, 0.29) is 66.1 Å². The van der Waals surface area contributed by atoms with Crippen molar-refractivity contribution in [3.63, 3.8) is 0 Å². The maximum absolute atomic E-state index is 12.1. The molecule has 4 aliphatic heterocycles. The van der Waals surface area contributed by atoms with Crippen LogP contribution < -0.4 is 39.0 Å². The Hall–Kier alpha value is -5.84. The fraction of sp³-hybridized carbons (Fsp3) is 0.568. The van der Waals surface area contributed by atoms with E-state index in [1.165, 1.54) is 39.7 Å². The Balaban J connectivity index is 0.000000165. The van der Waals surface area contributed by atoms with E-state index in [2.05, 4.69) is 34.9 Å². The number of methoxy groups -OCH3 is 1. The summed E-state index contributed by atoms with van der Waals surface area (Å²) in [5.74, 6) is -0.0295. The molecule has 0 aliphatic carbocycles. The summed E-state index contributed by atoms with van der Waals surface area (Å²) < 4.78 is 25.9. The molecule has 0 radical (unpaired) electrons. The van der Waals surface area contributed by atoms with Gasteiger partial charge in [0.25, 0.3) is 11.1 Å². The normalized spacial score (nSPS) is 30.1. The second-order valence-corrected chi connectivity index (χ2v) is 15.6. The van der Waals surface area contributed by atoms with E-state index in [9.17, 15) is 45.0 Å². The van der Waals surface area contributed by atoms with Crippen molar-refractivity contribution in [2.24, 2.45) is 22.2 Å². The van der Waals surface area contributed by atoms with Crippen LogP contribution in [0.25, 0.3) is 22.2 Å². The molecule has 30 heteroatoms. The van der Waals surface area contributed by atoms with Gasteiger partial charge in [0.15, 0.2) is 47.0 Å². The predicted molar refractivity (Wildman–Crippen MR) is 231 cm³/mol. The summed E-state index contributed by atoms with van der Waals surface area (Å²) in [6.07, 6.45) is -8.09. The maximum atomic E-state index is 12.1. The molecule has 0 aromatic carbocycles. The molecule has 4 aliphatic rings. The van der Waals surface area contributed by atoms with Gasteiger partial charge in [-0.15, -0.1) is 0 Å². The second-order valence-electron chi connectivity index (χ2n) is 15.6. The number of aromatic amines is 2. The van der Waals surface area contributed by atoms with Crippen LogP contribution in [0, 0.1) is 0 Å². The van der Waals surface area contributed by atoms with Gasteiger partial charge in [0.2, 0.25) is 17.7 Å². The largest absolute Gasteiger partial charge is 0.394 e. The van der Waals surface area contributed by atoms with E-state index in [0.29, 0.717) is 11.5 Å². The molecule has 5 aromatic heterocycles. The molecule has 368 valence electrons. The summed E-state index contributed by atoms with van der Waals surface area (Å²) in [6, 6.07) is -1.02. The highest BCUT2D eigenvalue weighted by molar-refractivity contribution is 6.18. The monoisotopic (exact) mass is 949 g/mol. The van der Waals surface area contributed by atoms with Crippen LogP contribution in [-0.4, -0.2) is 198 Å². The molecule has 0 spiro atoms. The van der Waals surface area contributed by atoms with Gasteiger partial charge in [-0.3, -0.25) is 33.5 Å². The lowest BCUT2D eigenvalue weighted by atomic mass is 10.1. The summed E-state index contributed by atoms with van der Waals surface area (Å²) in [6.45, 7) is -1.18. The minimum Gasteiger partial charge on any atom is -0.394 e. The van der Waals surface area contributed by atoms with Crippen molar-refractivity contribution >= 4 is 51.5 Å². The second kappa shape index (κ2) is 20.2. The van der Waals surface area contributed by atoms with Crippen molar-refractivity contribution < 1.29 is 64.6 Å². The summed E-state index contributed by atoms with van der Waals surface area (Å²) in [5.41, 5.74) is 22.7. The number of nitrogens with one attached hydrogen (secondary N) is 2. The van der Waals surface area contributed by atoms with Crippen LogP contribution in [0.1, 0.15) is 42.2 Å². The summed E-state index contributed by atoms with van der Waals surface area (Å²) in [7, 11) is 4.85. The first-order valence-electron chi connectivity index (χ1n) is 20.1. The lowest BCUT2D eigenvalue weighted by Crippen LogP contribution is -2.45. The number of H-pyrrole nitrogens is 2. The third-order valence-electron chi connectivity index (χ3n) is 11.3. The van der Waals surface area contributed by atoms with Gasteiger partial charge in [-0.2, -0.15) is 9.97 Å². The van der Waals surface area contributed by atoms with Crippen molar-refractivity contribution in [3.8, 4) is 0 Å². The Kier molecular flexibility index (Phi) is 15.2. The molecule has 4 unspecified atom stereocenters. The van der Waals surface area contributed by atoms with Crippen molar-refractivity contribution in [3.05, 3.63) is 50.8 Å². The van der Waals surface area contributed by atoms with Gasteiger partial charge in [0, 0.05) is 33.9 Å². The highest BCUT2D eigenvalue weighted by atomic mass is 16.6. The van der Waals surface area contributed by atoms with Gasteiger partial charge in [-0.1, -0.05) is 7.43 Å². The van der Waals surface area contributed by atoms with Crippen LogP contribution in [-0.2, 0) is 25.5 Å². The molecule has 18 N–H and O–H groups in total. The molecule has 30 nitrogen and oxygen atoms in total.